The maximum absolute atomic E-state index is 12.2. The fourth-order valence-corrected chi connectivity index (χ4v) is 3.62. The van der Waals surface area contributed by atoms with Gasteiger partial charge in [-0.15, -0.1) is 12.4 Å². The fraction of sp³-hybridized carbons (Fsp3) is 0.562. The Bertz CT molecular complexity index is 511. The van der Waals surface area contributed by atoms with Crippen LogP contribution in [0.2, 0.25) is 0 Å². The molecule has 0 aromatic heterocycles. The van der Waals surface area contributed by atoms with E-state index in [-0.39, 0.29) is 24.9 Å². The van der Waals surface area contributed by atoms with Crippen LogP contribution in [0.1, 0.15) is 19.3 Å². The predicted octanol–water partition coefficient (Wildman–Crippen LogP) is 2.85. The first kappa shape index (κ1) is 17.6. The van der Waals surface area contributed by atoms with Gasteiger partial charge >= 0.3 is 0 Å². The number of carbonyl (C=O) groups excluding carboxylic acids is 1. The monoisotopic (exact) mass is 388 g/mol. The van der Waals surface area contributed by atoms with Gasteiger partial charge in [-0.1, -0.05) is 22.0 Å². The maximum atomic E-state index is 12.2. The van der Waals surface area contributed by atoms with Gasteiger partial charge in [0.25, 0.3) is 5.91 Å². The van der Waals surface area contributed by atoms with Crippen molar-refractivity contribution in [3.05, 3.63) is 28.7 Å². The number of piperidine rings is 1. The van der Waals surface area contributed by atoms with E-state index in [1.165, 1.54) is 6.42 Å². The molecule has 2 aliphatic rings. The summed E-state index contributed by atoms with van der Waals surface area (Å²) in [5.41, 5.74) is 0.446. The SMILES string of the molecule is Cl.O=C(COc1cccc(Br)c1)N1CCC2(CCNC2)CC1. The lowest BCUT2D eigenvalue weighted by Gasteiger charge is -2.38. The summed E-state index contributed by atoms with van der Waals surface area (Å²) in [6.07, 6.45) is 3.48. The van der Waals surface area contributed by atoms with Crippen LogP contribution in [0.25, 0.3) is 0 Å². The van der Waals surface area contributed by atoms with Gasteiger partial charge in [-0.2, -0.15) is 0 Å². The Hall–Kier alpha value is -0.780. The van der Waals surface area contributed by atoms with Gasteiger partial charge in [0.15, 0.2) is 6.61 Å². The predicted molar refractivity (Wildman–Crippen MR) is 92.6 cm³/mol. The van der Waals surface area contributed by atoms with Crippen molar-refractivity contribution >= 4 is 34.2 Å². The standard InChI is InChI=1S/C16H21BrN2O2.ClH/c17-13-2-1-3-14(10-13)21-11-15(20)19-8-5-16(6-9-19)4-7-18-12-16;/h1-3,10,18H,4-9,11-12H2;1H. The van der Waals surface area contributed by atoms with E-state index in [1.54, 1.807) is 0 Å². The van der Waals surface area contributed by atoms with Gasteiger partial charge in [-0.3, -0.25) is 4.79 Å². The number of rotatable bonds is 3. The average Bonchev–Trinajstić information content (AvgIpc) is 2.94. The number of hydrogen-bond donors (Lipinski definition) is 1. The van der Waals surface area contributed by atoms with Gasteiger partial charge in [0.1, 0.15) is 5.75 Å². The molecule has 2 heterocycles. The van der Waals surface area contributed by atoms with E-state index in [2.05, 4.69) is 21.2 Å². The van der Waals surface area contributed by atoms with Gasteiger partial charge in [-0.25, -0.2) is 0 Å². The summed E-state index contributed by atoms with van der Waals surface area (Å²) in [5, 5.41) is 3.45. The summed E-state index contributed by atoms with van der Waals surface area (Å²) in [4.78, 5) is 14.2. The lowest BCUT2D eigenvalue weighted by Crippen LogP contribution is -2.45. The smallest absolute Gasteiger partial charge is 0.260 e. The lowest BCUT2D eigenvalue weighted by atomic mass is 9.78. The van der Waals surface area contributed by atoms with E-state index in [1.807, 2.05) is 29.2 Å². The highest BCUT2D eigenvalue weighted by Crippen LogP contribution is 2.36. The van der Waals surface area contributed by atoms with Crippen molar-refractivity contribution in [3.63, 3.8) is 0 Å². The van der Waals surface area contributed by atoms with E-state index in [9.17, 15) is 4.79 Å². The van der Waals surface area contributed by atoms with E-state index < -0.39 is 0 Å². The molecule has 0 atom stereocenters. The first-order valence-electron chi connectivity index (χ1n) is 7.54. The first-order valence-corrected chi connectivity index (χ1v) is 8.33. The van der Waals surface area contributed by atoms with Crippen molar-refractivity contribution in [2.75, 3.05) is 32.8 Å². The summed E-state index contributed by atoms with van der Waals surface area (Å²) < 4.78 is 6.54. The minimum Gasteiger partial charge on any atom is -0.484 e. The second kappa shape index (κ2) is 7.66. The zero-order chi connectivity index (χ0) is 14.7. The Kier molecular flexibility index (Phi) is 6.12. The normalized spacial score (nSPS) is 19.8. The van der Waals surface area contributed by atoms with E-state index >= 15 is 0 Å². The second-order valence-corrected chi connectivity index (χ2v) is 6.97. The molecule has 3 rings (SSSR count). The van der Waals surface area contributed by atoms with Crippen LogP contribution in [0.15, 0.2) is 28.7 Å². The number of nitrogens with one attached hydrogen (secondary N) is 1. The summed E-state index contributed by atoms with van der Waals surface area (Å²) in [6.45, 7) is 4.09. The number of halogens is 2. The number of amides is 1. The Morgan fingerprint density at radius 3 is 2.73 bits per heavy atom. The average molecular weight is 390 g/mol. The van der Waals surface area contributed by atoms with Crippen molar-refractivity contribution in [2.45, 2.75) is 19.3 Å². The molecular formula is C16H22BrClN2O2. The Morgan fingerprint density at radius 2 is 2.09 bits per heavy atom. The van der Waals surface area contributed by atoms with Crippen LogP contribution in [0.4, 0.5) is 0 Å². The van der Waals surface area contributed by atoms with Crippen molar-refractivity contribution < 1.29 is 9.53 Å². The molecule has 2 saturated heterocycles. The van der Waals surface area contributed by atoms with Crippen LogP contribution in [0.3, 0.4) is 0 Å². The molecule has 6 heteroatoms. The molecule has 122 valence electrons. The molecule has 22 heavy (non-hydrogen) atoms. The van der Waals surface area contributed by atoms with Crippen molar-refractivity contribution in [2.24, 2.45) is 5.41 Å². The molecule has 1 N–H and O–H groups in total. The molecule has 0 bridgehead atoms. The van der Waals surface area contributed by atoms with Gasteiger partial charge in [0.2, 0.25) is 0 Å². The van der Waals surface area contributed by atoms with Gasteiger partial charge in [0.05, 0.1) is 0 Å². The molecule has 0 radical (unpaired) electrons. The third kappa shape index (κ3) is 4.15. The van der Waals surface area contributed by atoms with Crippen molar-refractivity contribution in [3.8, 4) is 5.75 Å². The topological polar surface area (TPSA) is 41.6 Å². The largest absolute Gasteiger partial charge is 0.484 e. The number of likely N-dealkylation sites (tertiary alicyclic amines) is 1. The molecule has 0 unspecified atom stereocenters. The zero-order valence-electron chi connectivity index (χ0n) is 12.5. The molecule has 4 nitrogen and oxygen atoms in total. The molecule has 0 aliphatic carbocycles. The number of carbonyl (C=O) groups is 1. The minimum absolute atomic E-state index is 0. The van der Waals surface area contributed by atoms with Crippen molar-refractivity contribution in [1.29, 1.82) is 0 Å². The molecule has 0 saturated carbocycles. The van der Waals surface area contributed by atoms with Crippen LogP contribution in [-0.2, 0) is 4.79 Å². The van der Waals surface area contributed by atoms with Crippen LogP contribution < -0.4 is 10.1 Å². The summed E-state index contributed by atoms with van der Waals surface area (Å²) in [5.74, 6) is 0.821. The molecule has 2 fully saturated rings. The van der Waals surface area contributed by atoms with Crippen LogP contribution in [0.5, 0.6) is 5.75 Å². The summed E-state index contributed by atoms with van der Waals surface area (Å²) in [7, 11) is 0. The van der Waals surface area contributed by atoms with Gasteiger partial charge < -0.3 is 15.0 Å². The number of benzene rings is 1. The lowest BCUT2D eigenvalue weighted by molar-refractivity contribution is -0.135. The molecular weight excluding hydrogens is 368 g/mol. The van der Waals surface area contributed by atoms with Crippen LogP contribution >= 0.6 is 28.3 Å². The number of ether oxygens (including phenoxy) is 1. The highest BCUT2D eigenvalue weighted by molar-refractivity contribution is 9.10. The summed E-state index contributed by atoms with van der Waals surface area (Å²) in [6, 6.07) is 7.59. The minimum atomic E-state index is 0. The Balaban J connectivity index is 0.00000176. The molecule has 2 aliphatic heterocycles. The maximum Gasteiger partial charge on any atom is 0.260 e. The Morgan fingerprint density at radius 1 is 1.32 bits per heavy atom. The molecule has 1 amide bonds. The highest BCUT2D eigenvalue weighted by Gasteiger charge is 2.37. The molecule has 1 aromatic rings. The number of nitrogens with zero attached hydrogens (tertiary/aromatic N) is 1. The van der Waals surface area contributed by atoms with E-state index in [0.29, 0.717) is 5.41 Å². The zero-order valence-corrected chi connectivity index (χ0v) is 14.9. The molecule has 1 aromatic carbocycles. The third-order valence-corrected chi connectivity index (χ3v) is 5.16. The van der Waals surface area contributed by atoms with E-state index in [0.717, 1.165) is 49.2 Å². The third-order valence-electron chi connectivity index (χ3n) is 4.67. The molecule has 1 spiro atoms. The Labute approximate surface area is 146 Å². The highest BCUT2D eigenvalue weighted by atomic mass is 79.9. The quantitative estimate of drug-likeness (QED) is 0.864. The van der Waals surface area contributed by atoms with Gasteiger partial charge in [-0.05, 0) is 49.4 Å². The van der Waals surface area contributed by atoms with Gasteiger partial charge in [0, 0.05) is 24.1 Å². The second-order valence-electron chi connectivity index (χ2n) is 6.05. The van der Waals surface area contributed by atoms with Crippen molar-refractivity contribution in [1.82, 2.24) is 10.2 Å². The fourth-order valence-electron chi connectivity index (χ4n) is 3.25. The van der Waals surface area contributed by atoms with E-state index in [4.69, 9.17) is 4.74 Å². The number of hydrogen-bond acceptors (Lipinski definition) is 3. The van der Waals surface area contributed by atoms with Crippen LogP contribution in [0, 0.1) is 5.41 Å². The van der Waals surface area contributed by atoms with Crippen LogP contribution in [-0.4, -0.2) is 43.6 Å². The first-order chi connectivity index (χ1) is 10.2. The summed E-state index contributed by atoms with van der Waals surface area (Å²) >= 11 is 3.40.